The maximum atomic E-state index is 9.11. The molecular weight excluding hydrogens is 230 g/mol. The fraction of sp³-hybridized carbons (Fsp3) is 0. The third-order valence-corrected chi connectivity index (χ3v) is 2.68. The van der Waals surface area contributed by atoms with Crippen LogP contribution in [0.3, 0.4) is 0 Å². The Morgan fingerprint density at radius 1 is 1.64 bits per heavy atom. The van der Waals surface area contributed by atoms with Gasteiger partial charge in [-0.25, -0.2) is 0 Å². The van der Waals surface area contributed by atoms with Gasteiger partial charge in [-0.2, -0.15) is 0 Å². The van der Waals surface area contributed by atoms with Crippen LogP contribution in [0.25, 0.3) is 0 Å². The molecular formula is C4H4B2BrO3S. The Labute approximate surface area is 77.6 Å². The van der Waals surface area contributed by atoms with E-state index < -0.39 is 7.12 Å². The van der Waals surface area contributed by atoms with Gasteiger partial charge in [0.05, 0.1) is 3.79 Å². The minimum Gasteiger partial charge on any atom is -0.449 e. The molecule has 0 aliphatic heterocycles. The Morgan fingerprint density at radius 2 is 2.36 bits per heavy atom. The van der Waals surface area contributed by atoms with Crippen LogP contribution in [0.4, 0.5) is 0 Å². The SMILES string of the molecule is O[B]OB(O)c1ccc(Br)s1. The van der Waals surface area contributed by atoms with Crippen LogP contribution in [0.1, 0.15) is 0 Å². The van der Waals surface area contributed by atoms with Gasteiger partial charge in [0.2, 0.25) is 0 Å². The summed E-state index contributed by atoms with van der Waals surface area (Å²) in [6.07, 6.45) is 0. The molecule has 0 atom stereocenters. The van der Waals surface area contributed by atoms with Crippen molar-refractivity contribution in [3.05, 3.63) is 15.9 Å². The topological polar surface area (TPSA) is 49.7 Å². The van der Waals surface area contributed by atoms with Gasteiger partial charge in [0, 0.05) is 4.78 Å². The molecule has 0 saturated heterocycles. The lowest BCUT2D eigenvalue weighted by molar-refractivity contribution is 0.394. The van der Waals surface area contributed by atoms with Crippen LogP contribution in [-0.2, 0) is 4.57 Å². The summed E-state index contributed by atoms with van der Waals surface area (Å²) in [5.41, 5.74) is 0. The van der Waals surface area contributed by atoms with Crippen LogP contribution in [0.2, 0.25) is 0 Å². The third kappa shape index (κ3) is 2.61. The lowest BCUT2D eigenvalue weighted by Gasteiger charge is -1.99. The molecule has 3 nitrogen and oxygen atoms in total. The predicted octanol–water partition coefficient (Wildman–Crippen LogP) is -0.259. The number of hydrogen-bond acceptors (Lipinski definition) is 4. The first-order valence-electron chi connectivity index (χ1n) is 2.78. The molecule has 57 valence electrons. The molecule has 0 aromatic carbocycles. The summed E-state index contributed by atoms with van der Waals surface area (Å²) >= 11 is 4.58. The van der Waals surface area contributed by atoms with Crippen LogP contribution in [-0.4, -0.2) is 24.9 Å². The van der Waals surface area contributed by atoms with Gasteiger partial charge in [0.25, 0.3) is 0 Å². The Balaban J connectivity index is 2.60. The fourth-order valence-electron chi connectivity index (χ4n) is 0.586. The van der Waals surface area contributed by atoms with E-state index in [9.17, 15) is 0 Å². The van der Waals surface area contributed by atoms with Crippen molar-refractivity contribution in [2.24, 2.45) is 0 Å². The van der Waals surface area contributed by atoms with E-state index in [0.29, 0.717) is 12.5 Å². The van der Waals surface area contributed by atoms with Gasteiger partial charge in [0.15, 0.2) is 0 Å². The van der Waals surface area contributed by atoms with Crippen molar-refractivity contribution in [2.45, 2.75) is 0 Å². The van der Waals surface area contributed by atoms with Crippen molar-refractivity contribution in [1.29, 1.82) is 0 Å². The summed E-state index contributed by atoms with van der Waals surface area (Å²) in [5.74, 6) is 0. The van der Waals surface area contributed by atoms with E-state index in [1.807, 2.05) is 0 Å². The van der Waals surface area contributed by atoms with Crippen LogP contribution >= 0.6 is 27.3 Å². The van der Waals surface area contributed by atoms with Crippen molar-refractivity contribution < 1.29 is 14.6 Å². The fourth-order valence-corrected chi connectivity index (χ4v) is 1.93. The van der Waals surface area contributed by atoms with Gasteiger partial charge in [-0.15, -0.1) is 11.3 Å². The van der Waals surface area contributed by atoms with E-state index in [2.05, 4.69) is 20.5 Å². The predicted molar refractivity (Wildman–Crippen MR) is 48.7 cm³/mol. The standard InChI is InChI=1S/C4H4B2BrO3S/c7-4-2-1-3(11-4)6(9)10-5-8/h1-2,8-9H. The number of thiophene rings is 1. The molecule has 7 heteroatoms. The highest BCUT2D eigenvalue weighted by molar-refractivity contribution is 9.11. The van der Waals surface area contributed by atoms with Gasteiger partial charge >= 0.3 is 14.8 Å². The molecule has 0 amide bonds. The average molecular weight is 234 g/mol. The molecule has 1 aromatic rings. The highest BCUT2D eigenvalue weighted by Gasteiger charge is 2.17. The summed E-state index contributed by atoms with van der Waals surface area (Å²) in [6.45, 7) is 0. The Bertz CT molecular complexity index is 231. The molecule has 0 bridgehead atoms. The second kappa shape index (κ2) is 4.27. The maximum Gasteiger partial charge on any atom is 0.487 e. The van der Waals surface area contributed by atoms with Gasteiger partial charge in [-0.05, 0) is 22.0 Å². The monoisotopic (exact) mass is 233 g/mol. The van der Waals surface area contributed by atoms with Crippen LogP contribution in [0.5, 0.6) is 0 Å². The van der Waals surface area contributed by atoms with Crippen LogP contribution in [0, 0.1) is 0 Å². The lowest BCUT2D eigenvalue weighted by atomic mass is 9.87. The Kier molecular flexibility index (Phi) is 3.61. The first-order chi connectivity index (χ1) is 5.24. The minimum atomic E-state index is -1.07. The van der Waals surface area contributed by atoms with E-state index in [-0.39, 0.29) is 0 Å². The highest BCUT2D eigenvalue weighted by Crippen LogP contribution is 2.14. The first-order valence-corrected chi connectivity index (χ1v) is 4.39. The van der Waals surface area contributed by atoms with Crippen molar-refractivity contribution in [3.63, 3.8) is 0 Å². The van der Waals surface area contributed by atoms with E-state index in [0.717, 1.165) is 3.79 Å². The average Bonchev–Trinajstić information content (AvgIpc) is 2.36. The van der Waals surface area contributed by atoms with Gasteiger partial charge in [0.1, 0.15) is 0 Å². The third-order valence-electron chi connectivity index (χ3n) is 1.03. The molecule has 0 saturated carbocycles. The van der Waals surface area contributed by atoms with E-state index in [1.165, 1.54) is 11.3 Å². The van der Waals surface area contributed by atoms with Gasteiger partial charge < -0.3 is 14.6 Å². The van der Waals surface area contributed by atoms with E-state index >= 15 is 0 Å². The zero-order valence-corrected chi connectivity index (χ0v) is 7.80. The normalized spacial score (nSPS) is 9.73. The molecule has 0 unspecified atom stereocenters. The lowest BCUT2D eigenvalue weighted by Crippen LogP contribution is -2.32. The molecule has 0 aliphatic carbocycles. The van der Waals surface area contributed by atoms with E-state index in [1.54, 1.807) is 12.1 Å². The highest BCUT2D eigenvalue weighted by atomic mass is 79.9. The molecule has 1 rings (SSSR count). The molecule has 2 N–H and O–H groups in total. The molecule has 1 radical (unpaired) electrons. The molecule has 1 heterocycles. The van der Waals surface area contributed by atoms with E-state index in [4.69, 9.17) is 10.0 Å². The number of hydrogen-bond donors (Lipinski definition) is 2. The zero-order chi connectivity index (χ0) is 8.27. The molecule has 0 aliphatic rings. The Hall–Kier alpha value is 0.190. The molecule has 1 aromatic heterocycles. The molecule has 0 spiro atoms. The smallest absolute Gasteiger partial charge is 0.449 e. The second-order valence-electron chi connectivity index (χ2n) is 1.74. The van der Waals surface area contributed by atoms with Gasteiger partial charge in [-0.3, -0.25) is 0 Å². The van der Waals surface area contributed by atoms with Crippen molar-refractivity contribution in [2.75, 3.05) is 0 Å². The quantitative estimate of drug-likeness (QED) is 0.708. The largest absolute Gasteiger partial charge is 0.487 e. The zero-order valence-electron chi connectivity index (χ0n) is 5.40. The summed E-state index contributed by atoms with van der Waals surface area (Å²) in [7, 11) is -0.602. The first kappa shape index (κ1) is 9.28. The second-order valence-corrected chi connectivity index (χ2v) is 4.23. The molecule has 0 fully saturated rings. The van der Waals surface area contributed by atoms with Crippen LogP contribution in [0.15, 0.2) is 15.9 Å². The molecule has 11 heavy (non-hydrogen) atoms. The summed E-state index contributed by atoms with van der Waals surface area (Å²) in [5, 5.41) is 17.3. The van der Waals surface area contributed by atoms with Crippen LogP contribution < -0.4 is 4.78 Å². The summed E-state index contributed by atoms with van der Waals surface area (Å²) in [6, 6.07) is 3.51. The van der Waals surface area contributed by atoms with Crippen molar-refractivity contribution in [3.8, 4) is 0 Å². The van der Waals surface area contributed by atoms with Crippen molar-refractivity contribution >= 4 is 46.8 Å². The minimum absolute atomic E-state index is 0.471. The maximum absolute atomic E-state index is 9.11. The summed E-state index contributed by atoms with van der Waals surface area (Å²) in [4.78, 5) is 0. The number of halogens is 1. The van der Waals surface area contributed by atoms with Gasteiger partial charge in [-0.1, -0.05) is 6.07 Å². The number of rotatable bonds is 3. The summed E-state index contributed by atoms with van der Waals surface area (Å²) < 4.78 is 5.97. The van der Waals surface area contributed by atoms with Crippen molar-refractivity contribution in [1.82, 2.24) is 0 Å². The Morgan fingerprint density at radius 3 is 2.82 bits per heavy atom.